The summed E-state index contributed by atoms with van der Waals surface area (Å²) in [6.45, 7) is 3.53. The van der Waals surface area contributed by atoms with Crippen molar-refractivity contribution in [2.24, 2.45) is 0 Å². The fourth-order valence-electron chi connectivity index (χ4n) is 2.60. The smallest absolute Gasteiger partial charge is 0.276 e. The van der Waals surface area contributed by atoms with Crippen LogP contribution in [-0.4, -0.2) is 33.8 Å². The van der Waals surface area contributed by atoms with E-state index in [1.165, 1.54) is 6.92 Å². The first-order valence-corrected chi connectivity index (χ1v) is 8.83. The zero-order valence-electron chi connectivity index (χ0n) is 16.0. The van der Waals surface area contributed by atoms with Crippen molar-refractivity contribution in [1.29, 1.82) is 0 Å². The average molecular weight is 379 g/mol. The maximum absolute atomic E-state index is 12.7. The summed E-state index contributed by atoms with van der Waals surface area (Å²) >= 11 is 0. The summed E-state index contributed by atoms with van der Waals surface area (Å²) in [4.78, 5) is 29.8. The third-order valence-electron chi connectivity index (χ3n) is 4.44. The lowest BCUT2D eigenvalue weighted by Gasteiger charge is -2.23. The van der Waals surface area contributed by atoms with Crippen LogP contribution in [0.25, 0.3) is 0 Å². The van der Waals surface area contributed by atoms with Crippen molar-refractivity contribution in [2.45, 2.75) is 26.5 Å². The number of ether oxygens (including phenoxy) is 1. The first-order valence-electron chi connectivity index (χ1n) is 8.83. The zero-order valence-corrected chi connectivity index (χ0v) is 16.0. The molecule has 0 aliphatic rings. The Bertz CT molecular complexity index is 951. The molecule has 1 atom stereocenters. The third kappa shape index (κ3) is 4.43. The molecule has 28 heavy (non-hydrogen) atoms. The number of hydrogen-bond donors (Lipinski definition) is 0. The summed E-state index contributed by atoms with van der Waals surface area (Å²) in [6.07, 6.45) is 1.69. The number of rotatable bonds is 7. The Labute approximate surface area is 162 Å². The minimum absolute atomic E-state index is 0.00557. The van der Waals surface area contributed by atoms with Gasteiger partial charge in [-0.15, -0.1) is 0 Å². The standard InChI is InChI=1S/C21H21N3O4/c1-14(19-6-4-5-11-22-19)24(3)21(26)20-12-18(28-23-20)13-27-17-9-7-16(8-10-17)15(2)25/h4-12,14H,13H2,1-3H3. The lowest BCUT2D eigenvalue weighted by atomic mass is 10.1. The molecule has 0 saturated carbocycles. The topological polar surface area (TPSA) is 85.5 Å². The van der Waals surface area contributed by atoms with E-state index in [2.05, 4.69) is 10.1 Å². The molecule has 2 aromatic heterocycles. The summed E-state index contributed by atoms with van der Waals surface area (Å²) in [7, 11) is 1.70. The quantitative estimate of drug-likeness (QED) is 0.582. The Morgan fingerprint density at radius 1 is 1.18 bits per heavy atom. The molecule has 0 fully saturated rings. The second-order valence-electron chi connectivity index (χ2n) is 6.39. The highest BCUT2D eigenvalue weighted by Crippen LogP contribution is 2.19. The lowest BCUT2D eigenvalue weighted by molar-refractivity contribution is 0.0728. The Hall–Kier alpha value is -3.48. The molecular formula is C21H21N3O4. The lowest BCUT2D eigenvalue weighted by Crippen LogP contribution is -2.30. The van der Waals surface area contributed by atoms with Crippen LogP contribution >= 0.6 is 0 Å². The molecule has 7 nitrogen and oxygen atoms in total. The van der Waals surface area contributed by atoms with Crippen molar-refractivity contribution in [3.63, 3.8) is 0 Å². The van der Waals surface area contributed by atoms with Crippen LogP contribution in [0.3, 0.4) is 0 Å². The van der Waals surface area contributed by atoms with Crippen molar-refractivity contribution in [3.05, 3.63) is 77.4 Å². The maximum Gasteiger partial charge on any atom is 0.276 e. The number of pyridine rings is 1. The minimum atomic E-state index is -0.265. The van der Waals surface area contributed by atoms with Crippen LogP contribution in [0.5, 0.6) is 5.75 Å². The van der Waals surface area contributed by atoms with Crippen LogP contribution in [-0.2, 0) is 6.61 Å². The highest BCUT2D eigenvalue weighted by Gasteiger charge is 2.22. The second-order valence-corrected chi connectivity index (χ2v) is 6.39. The molecular weight excluding hydrogens is 358 g/mol. The van der Waals surface area contributed by atoms with Crippen LogP contribution in [0.1, 0.15) is 52.2 Å². The molecule has 0 radical (unpaired) electrons. The number of carbonyl (C=O) groups excluding carboxylic acids is 2. The molecule has 7 heteroatoms. The van der Waals surface area contributed by atoms with E-state index in [9.17, 15) is 9.59 Å². The first kappa shape index (κ1) is 19.3. The fourth-order valence-corrected chi connectivity index (χ4v) is 2.60. The van der Waals surface area contributed by atoms with Crippen molar-refractivity contribution in [2.75, 3.05) is 7.05 Å². The SMILES string of the molecule is CC(=O)c1ccc(OCc2cc(C(=O)N(C)C(C)c3ccccn3)no2)cc1. The Kier molecular flexibility index (Phi) is 5.84. The van der Waals surface area contributed by atoms with Gasteiger partial charge in [-0.1, -0.05) is 11.2 Å². The van der Waals surface area contributed by atoms with Gasteiger partial charge in [-0.2, -0.15) is 0 Å². The number of aromatic nitrogens is 2. The van der Waals surface area contributed by atoms with Gasteiger partial charge in [0, 0.05) is 24.9 Å². The molecule has 3 aromatic rings. The fraction of sp³-hybridized carbons (Fsp3) is 0.238. The van der Waals surface area contributed by atoms with Gasteiger partial charge in [-0.05, 0) is 50.2 Å². The van der Waals surface area contributed by atoms with E-state index in [1.54, 1.807) is 48.5 Å². The molecule has 0 saturated heterocycles. The van der Waals surface area contributed by atoms with Gasteiger partial charge < -0.3 is 14.2 Å². The molecule has 3 rings (SSSR count). The van der Waals surface area contributed by atoms with E-state index in [0.29, 0.717) is 17.1 Å². The monoisotopic (exact) mass is 379 g/mol. The summed E-state index contributed by atoms with van der Waals surface area (Å²) in [5.41, 5.74) is 1.61. The predicted molar refractivity (Wildman–Crippen MR) is 102 cm³/mol. The second kappa shape index (κ2) is 8.47. The minimum Gasteiger partial charge on any atom is -0.486 e. The number of amides is 1. The van der Waals surface area contributed by atoms with Gasteiger partial charge in [0.05, 0.1) is 11.7 Å². The van der Waals surface area contributed by atoms with Gasteiger partial charge in [0.1, 0.15) is 12.4 Å². The maximum atomic E-state index is 12.7. The highest BCUT2D eigenvalue weighted by atomic mass is 16.5. The zero-order chi connectivity index (χ0) is 20.1. The summed E-state index contributed by atoms with van der Waals surface area (Å²) in [6, 6.07) is 13.7. The molecule has 0 aliphatic carbocycles. The molecule has 1 unspecified atom stereocenters. The van der Waals surface area contributed by atoms with Crippen LogP contribution in [0.15, 0.2) is 59.3 Å². The average Bonchev–Trinajstić information content (AvgIpc) is 3.20. The molecule has 1 aromatic carbocycles. The number of hydrogen-bond acceptors (Lipinski definition) is 6. The predicted octanol–water partition coefficient (Wildman–Crippen LogP) is 3.68. The van der Waals surface area contributed by atoms with Gasteiger partial charge >= 0.3 is 0 Å². The largest absolute Gasteiger partial charge is 0.486 e. The summed E-state index contributed by atoms with van der Waals surface area (Å²) in [5.74, 6) is 0.751. The number of benzene rings is 1. The van der Waals surface area contributed by atoms with Crippen molar-refractivity contribution < 1.29 is 18.8 Å². The molecule has 144 valence electrons. The van der Waals surface area contributed by atoms with Crippen molar-refractivity contribution in [3.8, 4) is 5.75 Å². The van der Waals surface area contributed by atoms with Gasteiger partial charge in [-0.3, -0.25) is 14.6 Å². The molecule has 0 spiro atoms. The van der Waals surface area contributed by atoms with E-state index in [1.807, 2.05) is 25.1 Å². The van der Waals surface area contributed by atoms with E-state index in [4.69, 9.17) is 9.26 Å². The van der Waals surface area contributed by atoms with Crippen LogP contribution in [0, 0.1) is 0 Å². The van der Waals surface area contributed by atoms with Crippen LogP contribution < -0.4 is 4.74 Å². The number of Topliss-reactive ketones (excluding diaryl/α,β-unsaturated/α-hetero) is 1. The van der Waals surface area contributed by atoms with Gasteiger partial charge in [-0.25, -0.2) is 0 Å². The Morgan fingerprint density at radius 2 is 1.93 bits per heavy atom. The van der Waals surface area contributed by atoms with Crippen LogP contribution in [0.4, 0.5) is 0 Å². The molecule has 0 N–H and O–H groups in total. The summed E-state index contributed by atoms with van der Waals surface area (Å²) in [5, 5.41) is 3.85. The van der Waals surface area contributed by atoms with E-state index in [0.717, 1.165) is 5.69 Å². The molecule has 1 amide bonds. The van der Waals surface area contributed by atoms with Crippen LogP contribution in [0.2, 0.25) is 0 Å². The van der Waals surface area contributed by atoms with Gasteiger partial charge in [0.25, 0.3) is 5.91 Å². The Balaban J connectivity index is 1.61. The molecule has 2 heterocycles. The highest BCUT2D eigenvalue weighted by molar-refractivity contribution is 5.94. The van der Waals surface area contributed by atoms with Crippen molar-refractivity contribution >= 4 is 11.7 Å². The third-order valence-corrected chi connectivity index (χ3v) is 4.44. The van der Waals surface area contributed by atoms with Gasteiger partial charge in [0.2, 0.25) is 0 Å². The first-order chi connectivity index (χ1) is 13.5. The molecule has 0 bridgehead atoms. The number of carbonyl (C=O) groups is 2. The van der Waals surface area contributed by atoms with E-state index in [-0.39, 0.29) is 30.0 Å². The van der Waals surface area contributed by atoms with E-state index >= 15 is 0 Å². The Morgan fingerprint density at radius 3 is 2.57 bits per heavy atom. The van der Waals surface area contributed by atoms with Gasteiger partial charge in [0.15, 0.2) is 17.2 Å². The van der Waals surface area contributed by atoms with Crippen molar-refractivity contribution in [1.82, 2.24) is 15.0 Å². The summed E-state index contributed by atoms with van der Waals surface area (Å²) < 4.78 is 10.8. The number of ketones is 1. The van der Waals surface area contributed by atoms with E-state index < -0.39 is 0 Å². The normalized spacial score (nSPS) is 11.7. The molecule has 0 aliphatic heterocycles. The number of nitrogens with zero attached hydrogens (tertiary/aromatic N) is 3.